The molecule has 0 spiro atoms. The van der Waals surface area contributed by atoms with Crippen molar-refractivity contribution in [3.63, 3.8) is 0 Å². The molecule has 0 radical (unpaired) electrons. The van der Waals surface area contributed by atoms with Crippen LogP contribution in [0.2, 0.25) is 0 Å². The summed E-state index contributed by atoms with van der Waals surface area (Å²) in [6, 6.07) is 1.73. The molecule has 1 aromatic heterocycles. The zero-order valence-corrected chi connectivity index (χ0v) is 14.9. The van der Waals surface area contributed by atoms with E-state index in [1.54, 1.807) is 26.4 Å². The molecule has 130 valence electrons. The first kappa shape index (κ1) is 18.0. The van der Waals surface area contributed by atoms with Gasteiger partial charge in [-0.15, -0.1) is 0 Å². The first-order chi connectivity index (χ1) is 10.8. The number of furan rings is 1. The monoisotopic (exact) mass is 342 g/mol. The molecule has 0 N–H and O–H groups in total. The van der Waals surface area contributed by atoms with Crippen LogP contribution in [-0.2, 0) is 21.4 Å². The highest BCUT2D eigenvalue weighted by Gasteiger charge is 2.38. The Morgan fingerprint density at radius 3 is 2.48 bits per heavy atom. The summed E-state index contributed by atoms with van der Waals surface area (Å²) in [5, 5.41) is -1.08. The third kappa shape index (κ3) is 4.14. The second kappa shape index (κ2) is 7.49. The van der Waals surface area contributed by atoms with Crippen LogP contribution in [0.25, 0.3) is 0 Å². The van der Waals surface area contributed by atoms with Gasteiger partial charge in [-0.05, 0) is 25.8 Å². The Bertz CT molecular complexity index is 604. The van der Waals surface area contributed by atoms with Crippen LogP contribution >= 0.6 is 0 Å². The first-order valence-corrected chi connectivity index (χ1v) is 9.57. The Kier molecular flexibility index (Phi) is 5.86. The van der Waals surface area contributed by atoms with Crippen molar-refractivity contribution in [2.45, 2.75) is 56.9 Å². The van der Waals surface area contributed by atoms with Gasteiger partial charge in [0.2, 0.25) is 15.9 Å². The number of sulfonamides is 1. The van der Waals surface area contributed by atoms with E-state index in [4.69, 9.17) is 4.42 Å². The third-order valence-corrected chi connectivity index (χ3v) is 6.64. The van der Waals surface area contributed by atoms with Gasteiger partial charge >= 0.3 is 0 Å². The molecule has 0 bridgehead atoms. The molecule has 0 aromatic carbocycles. The number of carbonyl (C=O) groups excluding carboxylic acids is 1. The van der Waals surface area contributed by atoms with Crippen molar-refractivity contribution in [1.82, 2.24) is 9.21 Å². The van der Waals surface area contributed by atoms with E-state index in [1.807, 2.05) is 0 Å². The summed E-state index contributed by atoms with van der Waals surface area (Å²) in [7, 11) is -0.563. The molecule has 1 heterocycles. The van der Waals surface area contributed by atoms with Gasteiger partial charge in [-0.2, -0.15) is 4.31 Å². The van der Waals surface area contributed by atoms with Crippen LogP contribution in [0.1, 0.15) is 44.6 Å². The van der Waals surface area contributed by atoms with Gasteiger partial charge in [0.15, 0.2) is 5.25 Å². The quantitative estimate of drug-likeness (QED) is 0.795. The Morgan fingerprint density at radius 1 is 1.30 bits per heavy atom. The van der Waals surface area contributed by atoms with Crippen molar-refractivity contribution in [3.8, 4) is 0 Å². The zero-order chi connectivity index (χ0) is 17.0. The molecule has 1 atom stereocenters. The van der Waals surface area contributed by atoms with E-state index >= 15 is 0 Å². The fraction of sp³-hybridized carbons (Fsp3) is 0.688. The predicted molar refractivity (Wildman–Crippen MR) is 88.2 cm³/mol. The maximum Gasteiger partial charge on any atom is 0.241 e. The van der Waals surface area contributed by atoms with Gasteiger partial charge in [0.1, 0.15) is 0 Å². The minimum atomic E-state index is -3.72. The molecule has 1 aliphatic rings. The molecular formula is C16H26N2O4S. The molecule has 1 aliphatic carbocycles. The fourth-order valence-electron chi connectivity index (χ4n) is 3.05. The maximum absolute atomic E-state index is 13.0. The molecule has 1 fully saturated rings. The van der Waals surface area contributed by atoms with Crippen LogP contribution in [-0.4, -0.2) is 48.9 Å². The first-order valence-electron chi connectivity index (χ1n) is 8.07. The number of amides is 1. The van der Waals surface area contributed by atoms with Crippen molar-refractivity contribution in [2.24, 2.45) is 0 Å². The molecular weight excluding hydrogens is 316 g/mol. The van der Waals surface area contributed by atoms with E-state index in [2.05, 4.69) is 0 Å². The number of nitrogens with zero attached hydrogens (tertiary/aromatic N) is 2. The average molecular weight is 342 g/mol. The largest absolute Gasteiger partial charge is 0.472 e. The number of carbonyl (C=O) groups is 1. The zero-order valence-electron chi connectivity index (χ0n) is 14.1. The van der Waals surface area contributed by atoms with E-state index in [0.29, 0.717) is 0 Å². The molecule has 0 aliphatic heterocycles. The van der Waals surface area contributed by atoms with Crippen molar-refractivity contribution in [3.05, 3.63) is 24.2 Å². The molecule has 1 saturated carbocycles. The molecule has 0 saturated heterocycles. The van der Waals surface area contributed by atoms with Gasteiger partial charge in [0, 0.05) is 32.2 Å². The van der Waals surface area contributed by atoms with Crippen molar-refractivity contribution in [2.75, 3.05) is 14.1 Å². The van der Waals surface area contributed by atoms with E-state index < -0.39 is 21.2 Å². The van der Waals surface area contributed by atoms with Gasteiger partial charge in [-0.3, -0.25) is 4.79 Å². The van der Waals surface area contributed by atoms with Crippen LogP contribution in [0, 0.1) is 0 Å². The van der Waals surface area contributed by atoms with Crippen molar-refractivity contribution < 1.29 is 17.6 Å². The standard InChI is InChI=1S/C16H26N2O4S/c1-13(16(19)17(2)3)23(20,21)18(11-14-9-10-22-12-14)15-7-5-4-6-8-15/h9-10,12-13,15H,4-8,11H2,1-3H3/t13-/m1/s1. The van der Waals surface area contributed by atoms with Gasteiger partial charge < -0.3 is 9.32 Å². The molecule has 0 unspecified atom stereocenters. The topological polar surface area (TPSA) is 70.8 Å². The summed E-state index contributed by atoms with van der Waals surface area (Å²) < 4.78 is 32.7. The van der Waals surface area contributed by atoms with E-state index in [9.17, 15) is 13.2 Å². The summed E-state index contributed by atoms with van der Waals surface area (Å²) in [6.07, 6.45) is 7.98. The normalized spacial score (nSPS) is 18.1. The summed E-state index contributed by atoms with van der Waals surface area (Å²) in [5.74, 6) is -0.391. The molecule has 6 nitrogen and oxygen atoms in total. The van der Waals surface area contributed by atoms with Gasteiger partial charge in [0.05, 0.1) is 12.5 Å². The lowest BCUT2D eigenvalue weighted by molar-refractivity contribution is -0.128. The Labute approximate surface area is 138 Å². The number of rotatable bonds is 6. The maximum atomic E-state index is 13.0. The average Bonchev–Trinajstić information content (AvgIpc) is 3.04. The van der Waals surface area contributed by atoms with Crippen LogP contribution in [0.15, 0.2) is 23.0 Å². The predicted octanol–water partition coefficient (Wildman–Crippen LogP) is 2.22. The van der Waals surface area contributed by atoms with Crippen LogP contribution < -0.4 is 0 Å². The molecule has 2 rings (SSSR count). The van der Waals surface area contributed by atoms with Gasteiger partial charge in [-0.25, -0.2) is 8.42 Å². The lowest BCUT2D eigenvalue weighted by Crippen LogP contribution is -2.49. The minimum absolute atomic E-state index is 0.0407. The van der Waals surface area contributed by atoms with Crippen LogP contribution in [0.3, 0.4) is 0 Å². The Morgan fingerprint density at radius 2 is 1.96 bits per heavy atom. The van der Waals surface area contributed by atoms with Gasteiger partial charge in [0.25, 0.3) is 0 Å². The highest BCUT2D eigenvalue weighted by Crippen LogP contribution is 2.28. The number of hydrogen-bond acceptors (Lipinski definition) is 4. The summed E-state index contributed by atoms with van der Waals surface area (Å²) in [6.45, 7) is 1.73. The summed E-state index contributed by atoms with van der Waals surface area (Å²) >= 11 is 0. The number of hydrogen-bond donors (Lipinski definition) is 0. The Hall–Kier alpha value is -1.34. The third-order valence-electron chi connectivity index (χ3n) is 4.46. The minimum Gasteiger partial charge on any atom is -0.472 e. The SMILES string of the molecule is C[C@H](C(=O)N(C)C)S(=O)(=O)N(Cc1ccoc1)C1CCCCC1. The van der Waals surface area contributed by atoms with Crippen molar-refractivity contribution in [1.29, 1.82) is 0 Å². The van der Waals surface area contributed by atoms with E-state index in [-0.39, 0.29) is 12.6 Å². The lowest BCUT2D eigenvalue weighted by Gasteiger charge is -2.35. The molecule has 1 amide bonds. The Balaban J connectivity index is 2.28. The lowest BCUT2D eigenvalue weighted by atomic mass is 9.95. The summed E-state index contributed by atoms with van der Waals surface area (Å²) in [5.41, 5.74) is 0.809. The highest BCUT2D eigenvalue weighted by molar-refractivity contribution is 7.90. The van der Waals surface area contributed by atoms with E-state index in [0.717, 1.165) is 37.7 Å². The molecule has 7 heteroatoms. The summed E-state index contributed by atoms with van der Waals surface area (Å²) in [4.78, 5) is 13.5. The van der Waals surface area contributed by atoms with Crippen LogP contribution in [0.5, 0.6) is 0 Å². The van der Waals surface area contributed by atoms with E-state index in [1.165, 1.54) is 22.4 Å². The molecule has 1 aromatic rings. The van der Waals surface area contributed by atoms with Crippen molar-refractivity contribution >= 4 is 15.9 Å². The van der Waals surface area contributed by atoms with Crippen LogP contribution in [0.4, 0.5) is 0 Å². The highest BCUT2D eigenvalue weighted by atomic mass is 32.2. The van der Waals surface area contributed by atoms with Gasteiger partial charge in [-0.1, -0.05) is 19.3 Å². The second-order valence-corrected chi connectivity index (χ2v) is 8.59. The second-order valence-electron chi connectivity index (χ2n) is 6.39. The fourth-order valence-corrected chi connectivity index (χ4v) is 4.88. The molecule has 23 heavy (non-hydrogen) atoms. The smallest absolute Gasteiger partial charge is 0.241 e.